The van der Waals surface area contributed by atoms with Crippen LogP contribution in [0.15, 0.2) is 12.1 Å². The minimum absolute atomic E-state index is 0. The summed E-state index contributed by atoms with van der Waals surface area (Å²) in [6.07, 6.45) is 1.85. The van der Waals surface area contributed by atoms with Gasteiger partial charge in [0.1, 0.15) is 0 Å². The summed E-state index contributed by atoms with van der Waals surface area (Å²) in [5.74, 6) is 0.230. The number of amides is 1. The van der Waals surface area contributed by atoms with Crippen LogP contribution in [0.3, 0.4) is 0 Å². The van der Waals surface area contributed by atoms with E-state index < -0.39 is 6.61 Å². The summed E-state index contributed by atoms with van der Waals surface area (Å²) in [7, 11) is 4.56. The first kappa shape index (κ1) is 22.2. The number of nitrogens with zero attached hydrogens (tertiary/aromatic N) is 1. The molecule has 9 heteroatoms. The zero-order valence-electron chi connectivity index (χ0n) is 15.1. The van der Waals surface area contributed by atoms with Crippen LogP contribution < -0.4 is 19.5 Å². The monoisotopic (exact) mass is 394 g/mol. The summed E-state index contributed by atoms with van der Waals surface area (Å²) < 4.78 is 39.8. The van der Waals surface area contributed by atoms with Gasteiger partial charge in [0, 0.05) is 18.7 Å². The summed E-state index contributed by atoms with van der Waals surface area (Å²) >= 11 is 0. The molecular weight excluding hydrogens is 370 g/mol. The van der Waals surface area contributed by atoms with Crippen molar-refractivity contribution in [2.24, 2.45) is 5.92 Å². The number of ether oxygens (including phenoxy) is 3. The lowest BCUT2D eigenvalue weighted by atomic mass is 9.96. The Balaban J connectivity index is 0.00000338. The van der Waals surface area contributed by atoms with Crippen molar-refractivity contribution in [3.05, 3.63) is 17.7 Å². The third-order valence-electron chi connectivity index (χ3n) is 4.31. The topological polar surface area (TPSA) is 60.0 Å². The number of carbonyl (C=O) groups excluding carboxylic acids is 1. The minimum atomic E-state index is -3.02. The van der Waals surface area contributed by atoms with Crippen LogP contribution in [0.25, 0.3) is 0 Å². The van der Waals surface area contributed by atoms with Crippen molar-refractivity contribution in [2.75, 3.05) is 40.9 Å². The third-order valence-corrected chi connectivity index (χ3v) is 4.31. The van der Waals surface area contributed by atoms with Gasteiger partial charge in [0.25, 0.3) is 5.91 Å². The number of nitrogens with one attached hydrogen (secondary N) is 1. The second-order valence-electron chi connectivity index (χ2n) is 5.88. The van der Waals surface area contributed by atoms with Gasteiger partial charge in [-0.2, -0.15) is 8.78 Å². The third kappa shape index (κ3) is 5.35. The van der Waals surface area contributed by atoms with Crippen molar-refractivity contribution in [3.63, 3.8) is 0 Å². The van der Waals surface area contributed by atoms with Gasteiger partial charge in [0.05, 0.1) is 14.2 Å². The van der Waals surface area contributed by atoms with Crippen LogP contribution >= 0.6 is 12.4 Å². The smallest absolute Gasteiger partial charge is 0.387 e. The Kier molecular flexibility index (Phi) is 8.87. The van der Waals surface area contributed by atoms with E-state index in [0.717, 1.165) is 19.4 Å². The first-order chi connectivity index (χ1) is 12.0. The van der Waals surface area contributed by atoms with E-state index in [0.29, 0.717) is 24.6 Å². The molecule has 1 heterocycles. The molecule has 0 spiro atoms. The SMILES string of the molecule is CNCC1CCN(C(=O)c2cc(OC)c(OC(F)F)c(OC)c2)CC1.Cl. The van der Waals surface area contributed by atoms with E-state index in [9.17, 15) is 13.6 Å². The molecule has 1 aliphatic rings. The Hall–Kier alpha value is -1.80. The molecule has 0 saturated carbocycles. The van der Waals surface area contributed by atoms with Gasteiger partial charge in [0.15, 0.2) is 11.5 Å². The number of methoxy groups -OCH3 is 2. The quantitative estimate of drug-likeness (QED) is 0.770. The van der Waals surface area contributed by atoms with Crippen molar-refractivity contribution in [1.82, 2.24) is 10.2 Å². The summed E-state index contributed by atoms with van der Waals surface area (Å²) in [5.41, 5.74) is 0.322. The highest BCUT2D eigenvalue weighted by atomic mass is 35.5. The standard InChI is InChI=1S/C17H24F2N2O4.ClH/c1-20-10-11-4-6-21(7-5-11)16(22)12-8-13(23-2)15(25-17(18)19)14(9-12)24-3;/h8-9,11,17,20H,4-7,10H2,1-3H3;1H. The molecule has 148 valence electrons. The van der Waals surface area contributed by atoms with E-state index >= 15 is 0 Å². The highest BCUT2D eigenvalue weighted by Gasteiger charge is 2.26. The molecule has 1 saturated heterocycles. The number of alkyl halides is 2. The van der Waals surface area contributed by atoms with Crippen LogP contribution in [0.5, 0.6) is 17.2 Å². The maximum Gasteiger partial charge on any atom is 0.387 e. The average molecular weight is 395 g/mol. The van der Waals surface area contributed by atoms with Gasteiger partial charge >= 0.3 is 6.61 Å². The van der Waals surface area contributed by atoms with Crippen molar-refractivity contribution in [1.29, 1.82) is 0 Å². The highest BCUT2D eigenvalue weighted by Crippen LogP contribution is 2.40. The van der Waals surface area contributed by atoms with Gasteiger partial charge < -0.3 is 24.4 Å². The number of likely N-dealkylation sites (tertiary alicyclic amines) is 1. The Morgan fingerprint density at radius 3 is 2.19 bits per heavy atom. The number of rotatable bonds is 7. The highest BCUT2D eigenvalue weighted by molar-refractivity contribution is 5.95. The lowest BCUT2D eigenvalue weighted by Crippen LogP contribution is -2.40. The zero-order valence-corrected chi connectivity index (χ0v) is 15.9. The van der Waals surface area contributed by atoms with Crippen molar-refractivity contribution in [3.8, 4) is 17.2 Å². The number of hydrogen-bond donors (Lipinski definition) is 1. The van der Waals surface area contributed by atoms with E-state index in [2.05, 4.69) is 10.1 Å². The molecule has 0 unspecified atom stereocenters. The molecule has 1 aromatic rings. The predicted octanol–water partition coefficient (Wildman–Crippen LogP) is 2.80. The maximum absolute atomic E-state index is 12.7. The molecule has 1 amide bonds. The summed E-state index contributed by atoms with van der Waals surface area (Å²) in [6, 6.07) is 2.81. The zero-order chi connectivity index (χ0) is 18.4. The molecule has 1 aromatic carbocycles. The van der Waals surface area contributed by atoms with E-state index in [1.807, 2.05) is 7.05 Å². The molecule has 0 bridgehead atoms. The fourth-order valence-electron chi connectivity index (χ4n) is 3.02. The van der Waals surface area contributed by atoms with Gasteiger partial charge in [-0.3, -0.25) is 4.79 Å². The Morgan fingerprint density at radius 2 is 1.77 bits per heavy atom. The van der Waals surface area contributed by atoms with Gasteiger partial charge in [0.2, 0.25) is 5.75 Å². The minimum Gasteiger partial charge on any atom is -0.493 e. The molecule has 0 aromatic heterocycles. The molecule has 0 atom stereocenters. The first-order valence-corrected chi connectivity index (χ1v) is 8.14. The number of benzene rings is 1. The molecule has 1 fully saturated rings. The molecule has 2 rings (SSSR count). The molecule has 1 N–H and O–H groups in total. The second kappa shape index (κ2) is 10.4. The van der Waals surface area contributed by atoms with Crippen LogP contribution in [-0.2, 0) is 0 Å². The van der Waals surface area contributed by atoms with Gasteiger partial charge in [-0.05, 0) is 44.5 Å². The Labute approximate surface area is 158 Å². The molecule has 26 heavy (non-hydrogen) atoms. The fourth-order valence-corrected chi connectivity index (χ4v) is 3.02. The van der Waals surface area contributed by atoms with Crippen molar-refractivity contribution in [2.45, 2.75) is 19.5 Å². The van der Waals surface area contributed by atoms with Gasteiger partial charge in [-0.25, -0.2) is 0 Å². The van der Waals surface area contributed by atoms with Crippen molar-refractivity contribution >= 4 is 18.3 Å². The number of piperidine rings is 1. The van der Waals surface area contributed by atoms with Crippen LogP contribution in [0, 0.1) is 5.92 Å². The van der Waals surface area contributed by atoms with Gasteiger partial charge in [-0.1, -0.05) is 0 Å². The van der Waals surface area contributed by atoms with E-state index in [1.54, 1.807) is 4.90 Å². The average Bonchev–Trinajstić information content (AvgIpc) is 2.61. The maximum atomic E-state index is 12.7. The summed E-state index contributed by atoms with van der Waals surface area (Å²) in [5, 5.41) is 3.15. The molecule has 1 aliphatic heterocycles. The first-order valence-electron chi connectivity index (χ1n) is 8.14. The van der Waals surface area contributed by atoms with E-state index in [-0.39, 0.29) is 35.6 Å². The van der Waals surface area contributed by atoms with E-state index in [1.165, 1.54) is 26.4 Å². The van der Waals surface area contributed by atoms with Crippen LogP contribution in [0.4, 0.5) is 8.78 Å². The van der Waals surface area contributed by atoms with Gasteiger partial charge in [-0.15, -0.1) is 12.4 Å². The largest absolute Gasteiger partial charge is 0.493 e. The summed E-state index contributed by atoms with van der Waals surface area (Å²) in [4.78, 5) is 14.5. The number of carbonyl (C=O) groups is 1. The lowest BCUT2D eigenvalue weighted by Gasteiger charge is -2.32. The fraction of sp³-hybridized carbons (Fsp3) is 0.588. The van der Waals surface area contributed by atoms with Crippen LogP contribution in [-0.4, -0.2) is 58.3 Å². The number of hydrogen-bond acceptors (Lipinski definition) is 5. The lowest BCUT2D eigenvalue weighted by molar-refractivity contribution is -0.0526. The van der Waals surface area contributed by atoms with Crippen LogP contribution in [0.1, 0.15) is 23.2 Å². The normalized spacial score (nSPS) is 14.8. The molecule has 0 aliphatic carbocycles. The van der Waals surface area contributed by atoms with Crippen molar-refractivity contribution < 1.29 is 27.8 Å². The Morgan fingerprint density at radius 1 is 1.23 bits per heavy atom. The predicted molar refractivity (Wildman–Crippen MR) is 96.0 cm³/mol. The molecule has 6 nitrogen and oxygen atoms in total. The second-order valence-corrected chi connectivity index (χ2v) is 5.88. The Bertz CT molecular complexity index is 571. The molecular formula is C17H25ClF2N2O4. The molecule has 0 radical (unpaired) electrons. The number of halogens is 3. The van der Waals surface area contributed by atoms with Crippen LogP contribution in [0.2, 0.25) is 0 Å². The summed E-state index contributed by atoms with van der Waals surface area (Å²) in [6.45, 7) is -0.768. The van der Waals surface area contributed by atoms with E-state index in [4.69, 9.17) is 9.47 Å².